The second-order valence-electron chi connectivity index (χ2n) is 7.31. The molecule has 2 saturated heterocycles. The van der Waals surface area contributed by atoms with Gasteiger partial charge in [0.2, 0.25) is 0 Å². The number of carbonyl (C=O) groups is 1. The molecular formula is C18H31N5O. The molecule has 134 valence electrons. The Morgan fingerprint density at radius 1 is 1.38 bits per heavy atom. The van der Waals surface area contributed by atoms with Crippen molar-refractivity contribution in [2.45, 2.75) is 45.1 Å². The van der Waals surface area contributed by atoms with E-state index in [1.807, 2.05) is 16.9 Å². The largest absolute Gasteiger partial charge is 0.351 e. The highest BCUT2D eigenvalue weighted by molar-refractivity contribution is 5.92. The Morgan fingerprint density at radius 2 is 2.21 bits per heavy atom. The number of nitrogens with zero attached hydrogens (tertiary/aromatic N) is 3. The van der Waals surface area contributed by atoms with Gasteiger partial charge in [0.1, 0.15) is 5.69 Å². The molecule has 0 aromatic carbocycles. The molecule has 2 aliphatic heterocycles. The van der Waals surface area contributed by atoms with E-state index in [0.29, 0.717) is 11.7 Å². The Hall–Kier alpha value is -1.40. The van der Waals surface area contributed by atoms with Gasteiger partial charge in [-0.3, -0.25) is 9.48 Å². The first-order valence-electron chi connectivity index (χ1n) is 9.49. The van der Waals surface area contributed by atoms with Crippen molar-refractivity contribution < 1.29 is 4.79 Å². The maximum Gasteiger partial charge on any atom is 0.271 e. The Bertz CT molecular complexity index is 515. The summed E-state index contributed by atoms with van der Waals surface area (Å²) in [6.45, 7) is 8.57. The van der Waals surface area contributed by atoms with Gasteiger partial charge >= 0.3 is 0 Å². The van der Waals surface area contributed by atoms with Crippen molar-refractivity contribution in [2.24, 2.45) is 5.92 Å². The molecule has 6 heteroatoms. The molecule has 3 heterocycles. The Kier molecular flexibility index (Phi) is 6.26. The zero-order chi connectivity index (χ0) is 16.8. The van der Waals surface area contributed by atoms with Crippen LogP contribution in [-0.2, 0) is 0 Å². The van der Waals surface area contributed by atoms with E-state index in [4.69, 9.17) is 0 Å². The van der Waals surface area contributed by atoms with Gasteiger partial charge in [0, 0.05) is 19.3 Å². The van der Waals surface area contributed by atoms with E-state index in [1.165, 1.54) is 32.4 Å². The Morgan fingerprint density at radius 3 is 2.96 bits per heavy atom. The summed E-state index contributed by atoms with van der Waals surface area (Å²) < 4.78 is 1.94. The van der Waals surface area contributed by atoms with Crippen molar-refractivity contribution in [1.82, 2.24) is 25.3 Å². The summed E-state index contributed by atoms with van der Waals surface area (Å²) in [7, 11) is 0. The van der Waals surface area contributed by atoms with Gasteiger partial charge in [0.05, 0.1) is 6.04 Å². The number of hydrogen-bond acceptors (Lipinski definition) is 4. The maximum absolute atomic E-state index is 12.2. The van der Waals surface area contributed by atoms with Crippen LogP contribution in [0.4, 0.5) is 0 Å². The number of amides is 1. The predicted molar refractivity (Wildman–Crippen MR) is 95.2 cm³/mol. The number of rotatable bonds is 6. The van der Waals surface area contributed by atoms with Crippen LogP contribution in [-0.4, -0.2) is 59.9 Å². The Labute approximate surface area is 145 Å². The third-order valence-corrected chi connectivity index (χ3v) is 5.30. The standard InChI is InChI=1S/C18H31N5O/c1-15-5-11-22(12-6-15)10-3-9-20-18(24)17-7-13-23(21-17)16-4-2-8-19-14-16/h7,13,15-16,19H,2-6,8-12,14H2,1H3,(H,20,24). The van der Waals surface area contributed by atoms with Gasteiger partial charge in [-0.25, -0.2) is 0 Å². The number of likely N-dealkylation sites (tertiary alicyclic amines) is 1. The van der Waals surface area contributed by atoms with Crippen molar-refractivity contribution in [3.8, 4) is 0 Å². The second kappa shape index (κ2) is 8.62. The first kappa shape index (κ1) is 17.4. The molecule has 0 radical (unpaired) electrons. The first-order chi connectivity index (χ1) is 11.7. The van der Waals surface area contributed by atoms with Gasteiger partial charge in [0.15, 0.2) is 0 Å². The van der Waals surface area contributed by atoms with E-state index in [1.54, 1.807) is 0 Å². The minimum absolute atomic E-state index is 0.0511. The molecule has 1 amide bonds. The second-order valence-corrected chi connectivity index (χ2v) is 7.31. The molecule has 24 heavy (non-hydrogen) atoms. The van der Waals surface area contributed by atoms with Crippen molar-refractivity contribution >= 4 is 5.91 Å². The normalized spacial score (nSPS) is 23.3. The van der Waals surface area contributed by atoms with E-state index in [-0.39, 0.29) is 5.91 Å². The summed E-state index contributed by atoms with van der Waals surface area (Å²) in [6.07, 6.45) is 7.85. The lowest BCUT2D eigenvalue weighted by molar-refractivity contribution is 0.0944. The maximum atomic E-state index is 12.2. The lowest BCUT2D eigenvalue weighted by atomic mass is 9.99. The fourth-order valence-electron chi connectivity index (χ4n) is 3.60. The molecule has 1 aromatic heterocycles. The number of hydrogen-bond donors (Lipinski definition) is 2. The van der Waals surface area contributed by atoms with Gasteiger partial charge in [-0.1, -0.05) is 6.92 Å². The van der Waals surface area contributed by atoms with Gasteiger partial charge in [-0.2, -0.15) is 5.10 Å². The molecule has 2 fully saturated rings. The number of aromatic nitrogens is 2. The lowest BCUT2D eigenvalue weighted by Crippen LogP contribution is -2.35. The summed E-state index contributed by atoms with van der Waals surface area (Å²) >= 11 is 0. The smallest absolute Gasteiger partial charge is 0.271 e. The molecule has 0 aliphatic carbocycles. The van der Waals surface area contributed by atoms with Gasteiger partial charge < -0.3 is 15.5 Å². The van der Waals surface area contributed by atoms with Gasteiger partial charge in [-0.05, 0) is 70.3 Å². The minimum Gasteiger partial charge on any atom is -0.351 e. The summed E-state index contributed by atoms with van der Waals surface area (Å²) in [5, 5.41) is 10.9. The van der Waals surface area contributed by atoms with Crippen LogP contribution in [0.25, 0.3) is 0 Å². The quantitative estimate of drug-likeness (QED) is 0.777. The zero-order valence-electron chi connectivity index (χ0n) is 14.8. The SMILES string of the molecule is CC1CCN(CCCNC(=O)c2ccn(C3CCCNC3)n2)CC1. The zero-order valence-corrected chi connectivity index (χ0v) is 14.8. The molecule has 3 rings (SSSR count). The fourth-order valence-corrected chi connectivity index (χ4v) is 3.60. The first-order valence-corrected chi connectivity index (χ1v) is 9.49. The van der Waals surface area contributed by atoms with Crippen LogP contribution >= 0.6 is 0 Å². The molecule has 1 atom stereocenters. The van der Waals surface area contributed by atoms with Crippen LogP contribution in [0.15, 0.2) is 12.3 Å². The van der Waals surface area contributed by atoms with E-state index in [9.17, 15) is 4.79 Å². The summed E-state index contributed by atoms with van der Waals surface area (Å²) in [6, 6.07) is 2.21. The number of carbonyl (C=O) groups excluding carboxylic acids is 1. The molecule has 2 aliphatic rings. The number of piperidine rings is 2. The highest BCUT2D eigenvalue weighted by atomic mass is 16.1. The summed E-state index contributed by atoms with van der Waals surface area (Å²) in [5.74, 6) is 0.820. The lowest BCUT2D eigenvalue weighted by Gasteiger charge is -2.30. The predicted octanol–water partition coefficient (Wildman–Crippen LogP) is 1.66. The van der Waals surface area contributed by atoms with E-state index < -0.39 is 0 Å². The average molecular weight is 333 g/mol. The Balaban J connectivity index is 1.37. The van der Waals surface area contributed by atoms with Crippen molar-refractivity contribution in [1.29, 1.82) is 0 Å². The van der Waals surface area contributed by atoms with E-state index in [2.05, 4.69) is 27.6 Å². The van der Waals surface area contributed by atoms with Crippen LogP contribution in [0, 0.1) is 5.92 Å². The van der Waals surface area contributed by atoms with E-state index >= 15 is 0 Å². The molecule has 2 N–H and O–H groups in total. The minimum atomic E-state index is -0.0511. The van der Waals surface area contributed by atoms with Crippen molar-refractivity contribution in [3.63, 3.8) is 0 Å². The third-order valence-electron chi connectivity index (χ3n) is 5.30. The highest BCUT2D eigenvalue weighted by Gasteiger charge is 2.18. The van der Waals surface area contributed by atoms with Crippen LogP contribution < -0.4 is 10.6 Å². The molecule has 0 bridgehead atoms. The van der Waals surface area contributed by atoms with Crippen LogP contribution in [0.2, 0.25) is 0 Å². The summed E-state index contributed by atoms with van der Waals surface area (Å²) in [4.78, 5) is 14.7. The van der Waals surface area contributed by atoms with Crippen LogP contribution in [0.3, 0.4) is 0 Å². The van der Waals surface area contributed by atoms with Gasteiger partial charge in [0.25, 0.3) is 5.91 Å². The molecule has 1 aromatic rings. The summed E-state index contributed by atoms with van der Waals surface area (Å²) in [5.41, 5.74) is 0.535. The number of nitrogens with one attached hydrogen (secondary N) is 2. The van der Waals surface area contributed by atoms with Gasteiger partial charge in [-0.15, -0.1) is 0 Å². The van der Waals surface area contributed by atoms with Crippen molar-refractivity contribution in [3.05, 3.63) is 18.0 Å². The van der Waals surface area contributed by atoms with E-state index in [0.717, 1.165) is 44.9 Å². The molecule has 1 unspecified atom stereocenters. The molecular weight excluding hydrogens is 302 g/mol. The molecule has 0 spiro atoms. The van der Waals surface area contributed by atoms with Crippen molar-refractivity contribution in [2.75, 3.05) is 39.3 Å². The van der Waals surface area contributed by atoms with Crippen LogP contribution in [0.5, 0.6) is 0 Å². The molecule has 0 saturated carbocycles. The molecule has 6 nitrogen and oxygen atoms in total. The highest BCUT2D eigenvalue weighted by Crippen LogP contribution is 2.16. The average Bonchev–Trinajstić information content (AvgIpc) is 3.11. The third kappa shape index (κ3) is 4.80. The monoisotopic (exact) mass is 333 g/mol. The fraction of sp³-hybridized carbons (Fsp3) is 0.778. The topological polar surface area (TPSA) is 62.2 Å². The van der Waals surface area contributed by atoms with Crippen LogP contribution in [0.1, 0.15) is 55.6 Å².